The first-order valence-electron chi connectivity index (χ1n) is 14.5. The largest absolute Gasteiger partial charge is 0.466 e. The zero-order chi connectivity index (χ0) is 30.7. The Morgan fingerprint density at radius 2 is 1.72 bits per heavy atom. The first-order chi connectivity index (χ1) is 20.6. The second kappa shape index (κ2) is 12.6. The number of carbonyl (C=O) groups is 2. The summed E-state index contributed by atoms with van der Waals surface area (Å²) in [4.78, 5) is 46.0. The number of ether oxygens (including phenoxy) is 1. The number of hydrogen-bond acceptors (Lipinski definition) is 9. The molecular formula is C31H37N5O6S. The van der Waals surface area contributed by atoms with Gasteiger partial charge in [-0.2, -0.15) is 9.78 Å². The Balaban J connectivity index is 1.41. The van der Waals surface area contributed by atoms with E-state index in [9.17, 15) is 22.8 Å². The number of piperidine rings is 1. The van der Waals surface area contributed by atoms with Crippen molar-refractivity contribution in [1.29, 1.82) is 0 Å². The number of para-hydroxylation sites is 1. The predicted octanol–water partition coefficient (Wildman–Crippen LogP) is 2.69. The van der Waals surface area contributed by atoms with Crippen molar-refractivity contribution in [2.45, 2.75) is 31.6 Å². The Bertz CT molecular complexity index is 1670. The van der Waals surface area contributed by atoms with Gasteiger partial charge in [0.15, 0.2) is 9.84 Å². The van der Waals surface area contributed by atoms with Gasteiger partial charge < -0.3 is 19.4 Å². The van der Waals surface area contributed by atoms with Crippen molar-refractivity contribution in [2.24, 2.45) is 5.92 Å². The third-order valence-electron chi connectivity index (χ3n) is 8.06. The van der Waals surface area contributed by atoms with E-state index in [0.29, 0.717) is 80.5 Å². The quantitative estimate of drug-likeness (QED) is 0.373. The number of carbonyl (C=O) groups excluding carboxylic acids is 2. The molecule has 1 atom stereocenters. The fourth-order valence-electron chi connectivity index (χ4n) is 5.78. The highest BCUT2D eigenvalue weighted by atomic mass is 32.2. The summed E-state index contributed by atoms with van der Waals surface area (Å²) < 4.78 is 30.5. The van der Waals surface area contributed by atoms with E-state index in [4.69, 9.17) is 4.74 Å². The molecule has 0 N–H and O–H groups in total. The number of benzene rings is 2. The molecule has 0 saturated carbocycles. The lowest BCUT2D eigenvalue weighted by Crippen LogP contribution is -2.50. The summed E-state index contributed by atoms with van der Waals surface area (Å²) in [5.41, 5.74) is 2.60. The lowest BCUT2D eigenvalue weighted by atomic mass is 9.97. The Morgan fingerprint density at radius 1 is 1.00 bits per heavy atom. The van der Waals surface area contributed by atoms with E-state index in [1.54, 1.807) is 31.0 Å². The van der Waals surface area contributed by atoms with Crippen molar-refractivity contribution < 1.29 is 22.7 Å². The molecule has 11 nitrogen and oxygen atoms in total. The summed E-state index contributed by atoms with van der Waals surface area (Å²) >= 11 is 0. The molecular weight excluding hydrogens is 570 g/mol. The van der Waals surface area contributed by atoms with E-state index in [1.165, 1.54) is 16.8 Å². The third kappa shape index (κ3) is 6.43. The number of sulfone groups is 1. The lowest BCUT2D eigenvalue weighted by molar-refractivity contribution is -0.148. The molecule has 2 aliphatic heterocycles. The van der Waals surface area contributed by atoms with E-state index in [1.807, 2.05) is 35.2 Å². The van der Waals surface area contributed by atoms with Crippen molar-refractivity contribution in [2.75, 3.05) is 61.9 Å². The highest BCUT2D eigenvalue weighted by Crippen LogP contribution is 2.31. The van der Waals surface area contributed by atoms with E-state index in [0.717, 1.165) is 12.7 Å². The number of rotatable bonds is 7. The van der Waals surface area contributed by atoms with Crippen molar-refractivity contribution in [1.82, 2.24) is 14.7 Å². The van der Waals surface area contributed by atoms with Crippen molar-refractivity contribution in [3.05, 3.63) is 76.2 Å². The molecule has 12 heteroatoms. The summed E-state index contributed by atoms with van der Waals surface area (Å²) in [5.74, 6) is -0.743. The van der Waals surface area contributed by atoms with Gasteiger partial charge in [-0.3, -0.25) is 14.4 Å². The number of aromatic nitrogens is 2. The zero-order valence-corrected chi connectivity index (χ0v) is 25.5. The number of hydrogen-bond donors (Lipinski definition) is 0. The van der Waals surface area contributed by atoms with Gasteiger partial charge in [0.2, 0.25) is 0 Å². The number of esters is 1. The Hall–Kier alpha value is -4.19. The van der Waals surface area contributed by atoms with E-state index in [2.05, 4.69) is 10.00 Å². The molecule has 2 aliphatic rings. The first kappa shape index (κ1) is 30.3. The van der Waals surface area contributed by atoms with Gasteiger partial charge in [-0.15, -0.1) is 0 Å². The Labute approximate surface area is 251 Å². The van der Waals surface area contributed by atoms with Crippen LogP contribution >= 0.6 is 0 Å². The molecule has 2 aromatic carbocycles. The predicted molar refractivity (Wildman–Crippen MR) is 164 cm³/mol. The summed E-state index contributed by atoms with van der Waals surface area (Å²) in [6, 6.07) is 13.8. The lowest BCUT2D eigenvalue weighted by Gasteiger charge is -2.39. The van der Waals surface area contributed by atoms with E-state index >= 15 is 0 Å². The fraction of sp³-hybridized carbons (Fsp3) is 0.419. The molecule has 1 amide bonds. The van der Waals surface area contributed by atoms with Gasteiger partial charge in [-0.25, -0.2) is 8.42 Å². The molecule has 0 aliphatic carbocycles. The Morgan fingerprint density at radius 3 is 2.37 bits per heavy atom. The molecule has 2 saturated heterocycles. The van der Waals surface area contributed by atoms with Crippen molar-refractivity contribution in [3.8, 4) is 5.69 Å². The maximum absolute atomic E-state index is 14.0. The highest BCUT2D eigenvalue weighted by Gasteiger charge is 2.32. The highest BCUT2D eigenvalue weighted by molar-refractivity contribution is 7.90. The number of amides is 1. The molecule has 3 heterocycles. The fourth-order valence-corrected chi connectivity index (χ4v) is 6.48. The maximum Gasteiger partial charge on any atom is 0.310 e. The van der Waals surface area contributed by atoms with Crippen LogP contribution in [-0.2, 0) is 19.4 Å². The van der Waals surface area contributed by atoms with Crippen LogP contribution in [-0.4, -0.2) is 87.1 Å². The SMILES string of the molecule is CCOC(=O)C1CCCN(c2c(N3CCN(C(=O)c4ccc(S(C)(=O)=O)cc4C)CC3)cnn(-c3ccccc3)c2=O)C1. The summed E-state index contributed by atoms with van der Waals surface area (Å²) in [6.45, 7) is 6.61. The van der Waals surface area contributed by atoms with Gasteiger partial charge in [0, 0.05) is 51.1 Å². The van der Waals surface area contributed by atoms with E-state index < -0.39 is 9.84 Å². The molecule has 228 valence electrons. The minimum absolute atomic E-state index is 0.164. The van der Waals surface area contributed by atoms with Crippen LogP contribution in [0.2, 0.25) is 0 Å². The average molecular weight is 608 g/mol. The van der Waals surface area contributed by atoms with Crippen LogP contribution in [0.25, 0.3) is 5.69 Å². The number of aryl methyl sites for hydroxylation is 1. The number of anilines is 2. The number of piperazine rings is 1. The summed E-state index contributed by atoms with van der Waals surface area (Å²) in [6.07, 6.45) is 4.29. The van der Waals surface area contributed by atoms with Crippen LogP contribution in [0.4, 0.5) is 11.4 Å². The van der Waals surface area contributed by atoms with E-state index in [-0.39, 0.29) is 28.2 Å². The second-order valence-electron chi connectivity index (χ2n) is 11.0. The van der Waals surface area contributed by atoms with Crippen molar-refractivity contribution >= 4 is 33.1 Å². The minimum Gasteiger partial charge on any atom is -0.466 e. The summed E-state index contributed by atoms with van der Waals surface area (Å²) in [5, 5.41) is 4.52. The van der Waals surface area contributed by atoms with Crippen LogP contribution in [0.1, 0.15) is 35.7 Å². The standard InChI is InChI=1S/C31H37N5O6S/c1-4-42-31(39)23-9-8-14-35(21-23)28-27(20-32-36(30(28)38)24-10-6-5-7-11-24)33-15-17-34(18-16-33)29(37)26-13-12-25(19-22(26)2)43(3,40)41/h5-7,10-13,19-20,23H,4,8-9,14-18,21H2,1-3H3. The van der Waals surface area contributed by atoms with Gasteiger partial charge in [-0.1, -0.05) is 18.2 Å². The van der Waals surface area contributed by atoms with Crippen molar-refractivity contribution in [3.63, 3.8) is 0 Å². The van der Waals surface area contributed by atoms with Gasteiger partial charge >= 0.3 is 5.97 Å². The van der Waals surface area contributed by atoms with Crippen LogP contribution in [0.15, 0.2) is 64.4 Å². The van der Waals surface area contributed by atoms with Crippen LogP contribution in [0.5, 0.6) is 0 Å². The third-order valence-corrected chi connectivity index (χ3v) is 9.17. The molecule has 1 unspecified atom stereocenters. The molecule has 3 aromatic rings. The van der Waals surface area contributed by atoms with Crippen LogP contribution < -0.4 is 15.4 Å². The summed E-state index contributed by atoms with van der Waals surface area (Å²) in [7, 11) is -3.37. The number of nitrogens with zero attached hydrogens (tertiary/aromatic N) is 5. The zero-order valence-electron chi connectivity index (χ0n) is 24.7. The topological polar surface area (TPSA) is 122 Å². The normalized spacial score (nSPS) is 17.6. The van der Waals surface area contributed by atoms with Gasteiger partial charge in [0.25, 0.3) is 11.5 Å². The van der Waals surface area contributed by atoms with Gasteiger partial charge in [0.05, 0.1) is 35.0 Å². The minimum atomic E-state index is -3.37. The molecule has 0 bridgehead atoms. The van der Waals surface area contributed by atoms with Crippen LogP contribution in [0.3, 0.4) is 0 Å². The maximum atomic E-state index is 14.0. The average Bonchev–Trinajstić information content (AvgIpc) is 3.01. The molecule has 2 fully saturated rings. The molecule has 43 heavy (non-hydrogen) atoms. The smallest absolute Gasteiger partial charge is 0.310 e. The molecule has 5 rings (SSSR count). The molecule has 0 radical (unpaired) electrons. The molecule has 0 spiro atoms. The monoisotopic (exact) mass is 607 g/mol. The molecule has 1 aromatic heterocycles. The van der Waals surface area contributed by atoms with Gasteiger partial charge in [0.1, 0.15) is 5.69 Å². The Kier molecular flexibility index (Phi) is 8.86. The second-order valence-corrected chi connectivity index (χ2v) is 13.0. The first-order valence-corrected chi connectivity index (χ1v) is 16.4. The van der Waals surface area contributed by atoms with Crippen LogP contribution in [0, 0.1) is 12.8 Å². The van der Waals surface area contributed by atoms with Gasteiger partial charge in [-0.05, 0) is 62.6 Å².